The van der Waals surface area contributed by atoms with E-state index in [1.54, 1.807) is 11.3 Å². The molecule has 1 aromatic heterocycles. The number of piperidine rings is 1. The average molecular weight is 207 g/mol. The number of thiophene rings is 1. The smallest absolute Gasteiger partial charge is 0.181 e. The number of carbonyl (C=O) groups is 1. The minimum absolute atomic E-state index is 0.200. The summed E-state index contributed by atoms with van der Waals surface area (Å²) in [5, 5.41) is 2.04. The van der Waals surface area contributed by atoms with E-state index in [-0.39, 0.29) is 6.04 Å². The van der Waals surface area contributed by atoms with Gasteiger partial charge in [0, 0.05) is 17.0 Å². The monoisotopic (exact) mass is 207 g/mol. The van der Waals surface area contributed by atoms with Crippen molar-refractivity contribution >= 4 is 17.1 Å². The Morgan fingerprint density at radius 1 is 1.43 bits per heavy atom. The molecule has 0 saturated carbocycles. The Labute approximate surface area is 87.5 Å². The Balaban J connectivity index is 2.00. The summed E-state index contributed by atoms with van der Waals surface area (Å²) in [6.07, 6.45) is 3.53. The summed E-state index contributed by atoms with van der Waals surface area (Å²) in [5.74, 6) is 0.368. The summed E-state index contributed by atoms with van der Waals surface area (Å²) in [6, 6.07) is 2.19. The highest BCUT2D eigenvalue weighted by molar-refractivity contribution is 7.10. The predicted octanol–water partition coefficient (Wildman–Crippen LogP) is 2.30. The van der Waals surface area contributed by atoms with E-state index in [1.807, 2.05) is 11.4 Å². The zero-order valence-electron chi connectivity index (χ0n) is 8.03. The minimum atomic E-state index is 0.200. The zero-order chi connectivity index (χ0) is 9.54. The first kappa shape index (κ1) is 8.62. The maximum Gasteiger partial charge on any atom is 0.181 e. The van der Waals surface area contributed by atoms with Crippen molar-refractivity contribution in [1.29, 1.82) is 0 Å². The number of Topliss-reactive ketones (excluding diaryl/α,β-unsaturated/α-hetero) is 1. The minimum Gasteiger partial charge on any atom is -0.292 e. The molecule has 14 heavy (non-hydrogen) atoms. The first-order valence-corrected chi connectivity index (χ1v) is 6.09. The Hall–Kier alpha value is -0.670. The second kappa shape index (κ2) is 3.17. The molecule has 1 unspecified atom stereocenters. The molecule has 3 rings (SSSR count). The van der Waals surface area contributed by atoms with Crippen LogP contribution in [0.2, 0.25) is 0 Å². The van der Waals surface area contributed by atoms with Gasteiger partial charge in [-0.1, -0.05) is 6.42 Å². The number of rotatable bonds is 0. The molecule has 1 atom stereocenters. The molecular formula is C11H13NOS. The summed E-state index contributed by atoms with van der Waals surface area (Å²) >= 11 is 1.72. The Kier molecular flexibility index (Phi) is 1.96. The first-order valence-electron chi connectivity index (χ1n) is 5.21. The van der Waals surface area contributed by atoms with Crippen molar-refractivity contribution < 1.29 is 4.79 Å². The standard InChI is InChI=1S/C11H13NOS/c13-11-8-4-6-14-10(8)7-12-5-2-1-3-9(11)12/h4,6,9H,1-3,5,7H2. The topological polar surface area (TPSA) is 20.3 Å². The van der Waals surface area contributed by atoms with Crippen molar-refractivity contribution in [3.8, 4) is 0 Å². The van der Waals surface area contributed by atoms with E-state index in [2.05, 4.69) is 4.90 Å². The summed E-state index contributed by atoms with van der Waals surface area (Å²) < 4.78 is 0. The molecule has 1 fully saturated rings. The Morgan fingerprint density at radius 2 is 2.36 bits per heavy atom. The van der Waals surface area contributed by atoms with E-state index < -0.39 is 0 Å². The van der Waals surface area contributed by atoms with Crippen LogP contribution in [-0.2, 0) is 6.54 Å². The number of hydrogen-bond donors (Lipinski definition) is 0. The molecule has 0 amide bonds. The molecular weight excluding hydrogens is 194 g/mol. The third-order valence-corrected chi connectivity index (χ3v) is 4.18. The number of nitrogens with zero attached hydrogens (tertiary/aromatic N) is 1. The van der Waals surface area contributed by atoms with Gasteiger partial charge < -0.3 is 0 Å². The van der Waals surface area contributed by atoms with Crippen LogP contribution in [0.5, 0.6) is 0 Å². The Bertz CT molecular complexity index is 371. The molecule has 3 heterocycles. The molecule has 0 radical (unpaired) electrons. The molecule has 3 heteroatoms. The van der Waals surface area contributed by atoms with Gasteiger partial charge in [0.1, 0.15) is 0 Å². The quantitative estimate of drug-likeness (QED) is 0.650. The van der Waals surface area contributed by atoms with Gasteiger partial charge in [0.15, 0.2) is 5.78 Å². The van der Waals surface area contributed by atoms with E-state index in [0.717, 1.165) is 25.1 Å². The molecule has 2 nitrogen and oxygen atoms in total. The third-order valence-electron chi connectivity index (χ3n) is 3.27. The fourth-order valence-corrected chi connectivity index (χ4v) is 3.43. The van der Waals surface area contributed by atoms with Gasteiger partial charge in [-0.15, -0.1) is 11.3 Å². The van der Waals surface area contributed by atoms with Crippen molar-refractivity contribution in [1.82, 2.24) is 4.90 Å². The number of ketones is 1. The van der Waals surface area contributed by atoms with Gasteiger partial charge in [-0.3, -0.25) is 9.69 Å². The molecule has 74 valence electrons. The van der Waals surface area contributed by atoms with Gasteiger partial charge in [-0.2, -0.15) is 0 Å². The van der Waals surface area contributed by atoms with Crippen molar-refractivity contribution in [2.45, 2.75) is 31.8 Å². The van der Waals surface area contributed by atoms with Crippen molar-refractivity contribution in [2.24, 2.45) is 0 Å². The molecule has 0 N–H and O–H groups in total. The van der Waals surface area contributed by atoms with Crippen molar-refractivity contribution in [2.75, 3.05) is 6.54 Å². The molecule has 0 aromatic carbocycles. The molecule has 2 aliphatic rings. The van der Waals surface area contributed by atoms with Crippen LogP contribution in [0.25, 0.3) is 0 Å². The van der Waals surface area contributed by atoms with Crippen LogP contribution in [0.3, 0.4) is 0 Å². The zero-order valence-corrected chi connectivity index (χ0v) is 8.85. The van der Waals surface area contributed by atoms with E-state index >= 15 is 0 Å². The summed E-state index contributed by atoms with van der Waals surface area (Å²) in [7, 11) is 0. The van der Waals surface area contributed by atoms with Crippen LogP contribution in [0, 0.1) is 0 Å². The number of carbonyl (C=O) groups excluding carboxylic acids is 1. The lowest BCUT2D eigenvalue weighted by Crippen LogP contribution is -2.47. The molecule has 0 bridgehead atoms. The van der Waals surface area contributed by atoms with Crippen LogP contribution in [0.1, 0.15) is 34.5 Å². The largest absolute Gasteiger partial charge is 0.292 e. The Morgan fingerprint density at radius 3 is 3.29 bits per heavy atom. The van der Waals surface area contributed by atoms with Crippen LogP contribution in [0.4, 0.5) is 0 Å². The second-order valence-electron chi connectivity index (χ2n) is 4.10. The van der Waals surface area contributed by atoms with E-state index in [4.69, 9.17) is 0 Å². The first-order chi connectivity index (χ1) is 6.86. The highest BCUT2D eigenvalue weighted by Crippen LogP contribution is 2.31. The van der Waals surface area contributed by atoms with Crippen molar-refractivity contribution in [3.63, 3.8) is 0 Å². The van der Waals surface area contributed by atoms with Gasteiger partial charge >= 0.3 is 0 Å². The van der Waals surface area contributed by atoms with Crippen LogP contribution in [0.15, 0.2) is 11.4 Å². The van der Waals surface area contributed by atoms with Crippen LogP contribution in [-0.4, -0.2) is 23.3 Å². The maximum atomic E-state index is 12.1. The lowest BCUT2D eigenvalue weighted by Gasteiger charge is -2.37. The van der Waals surface area contributed by atoms with Gasteiger partial charge in [-0.05, 0) is 30.8 Å². The highest BCUT2D eigenvalue weighted by atomic mass is 32.1. The number of hydrogen-bond acceptors (Lipinski definition) is 3. The SMILES string of the molecule is O=C1c2ccsc2CN2CCCCC12. The van der Waals surface area contributed by atoms with Gasteiger partial charge in [0.05, 0.1) is 6.04 Å². The highest BCUT2D eigenvalue weighted by Gasteiger charge is 2.35. The van der Waals surface area contributed by atoms with Crippen LogP contribution < -0.4 is 0 Å². The summed E-state index contributed by atoms with van der Waals surface area (Å²) in [6.45, 7) is 2.11. The maximum absolute atomic E-state index is 12.1. The molecule has 0 spiro atoms. The molecule has 1 aromatic rings. The van der Waals surface area contributed by atoms with E-state index in [9.17, 15) is 4.79 Å². The lowest BCUT2D eigenvalue weighted by atomic mass is 9.91. The fraction of sp³-hybridized carbons (Fsp3) is 0.545. The van der Waals surface area contributed by atoms with Gasteiger partial charge in [0.25, 0.3) is 0 Å². The summed E-state index contributed by atoms with van der Waals surface area (Å²) in [4.78, 5) is 15.7. The van der Waals surface area contributed by atoms with Gasteiger partial charge in [0.2, 0.25) is 0 Å². The van der Waals surface area contributed by atoms with E-state index in [1.165, 1.54) is 17.7 Å². The second-order valence-corrected chi connectivity index (χ2v) is 5.10. The number of fused-ring (bicyclic) bond motifs is 2. The summed E-state index contributed by atoms with van der Waals surface area (Å²) in [5.41, 5.74) is 0.998. The molecule has 0 aliphatic carbocycles. The molecule has 1 saturated heterocycles. The lowest BCUT2D eigenvalue weighted by molar-refractivity contribution is 0.0691. The average Bonchev–Trinajstić information content (AvgIpc) is 2.66. The van der Waals surface area contributed by atoms with Crippen molar-refractivity contribution in [3.05, 3.63) is 21.9 Å². The van der Waals surface area contributed by atoms with Crippen LogP contribution >= 0.6 is 11.3 Å². The van der Waals surface area contributed by atoms with E-state index in [0.29, 0.717) is 5.78 Å². The normalized spacial score (nSPS) is 27.1. The molecule has 2 aliphatic heterocycles. The fourth-order valence-electron chi connectivity index (χ4n) is 2.52. The van der Waals surface area contributed by atoms with Gasteiger partial charge in [-0.25, -0.2) is 0 Å². The predicted molar refractivity (Wildman–Crippen MR) is 56.7 cm³/mol. The third kappa shape index (κ3) is 1.16.